The van der Waals surface area contributed by atoms with E-state index in [1.165, 1.54) is 0 Å². The molecule has 0 unspecified atom stereocenters. The van der Waals surface area contributed by atoms with Gasteiger partial charge in [-0.05, 0) is 0 Å². The summed E-state index contributed by atoms with van der Waals surface area (Å²) in [5.74, 6) is 0.373. The molecule has 1 heterocycles. The molecule has 0 aliphatic heterocycles. The fraction of sp³-hybridized carbons (Fsp3) is 0.625. The molecule has 0 aromatic carbocycles. The summed E-state index contributed by atoms with van der Waals surface area (Å²) in [6.45, 7) is -0.997. The molecule has 1 aromatic rings. The fourth-order valence-electron chi connectivity index (χ4n) is 0.825. The number of ether oxygens (including phenoxy) is 1. The van der Waals surface area contributed by atoms with E-state index in [0.717, 1.165) is 0 Å². The van der Waals surface area contributed by atoms with E-state index in [0.29, 0.717) is 0 Å². The Kier molecular flexibility index (Phi) is 9.40. The lowest BCUT2D eigenvalue weighted by Crippen LogP contribution is -2.13. The molecule has 18 heavy (non-hydrogen) atoms. The SMILES string of the molecule is COC.OCNc1nc(NCO)nc(NCO)n1. The van der Waals surface area contributed by atoms with Gasteiger partial charge in [0.25, 0.3) is 0 Å². The third-order valence-electron chi connectivity index (χ3n) is 1.35. The van der Waals surface area contributed by atoms with Crippen LogP contribution in [0.25, 0.3) is 0 Å². The molecule has 0 saturated carbocycles. The van der Waals surface area contributed by atoms with Crippen molar-refractivity contribution in [2.24, 2.45) is 0 Å². The van der Waals surface area contributed by atoms with Crippen molar-refractivity contribution >= 4 is 17.8 Å². The van der Waals surface area contributed by atoms with Crippen LogP contribution in [0.5, 0.6) is 0 Å². The topological polar surface area (TPSA) is 145 Å². The Morgan fingerprint density at radius 1 is 0.778 bits per heavy atom. The lowest BCUT2D eigenvalue weighted by atomic mass is 10.8. The maximum absolute atomic E-state index is 8.61. The molecule has 0 bridgehead atoms. The first-order valence-corrected chi connectivity index (χ1v) is 4.92. The monoisotopic (exact) mass is 262 g/mol. The Hall–Kier alpha value is -1.75. The first-order valence-electron chi connectivity index (χ1n) is 4.92. The van der Waals surface area contributed by atoms with E-state index >= 15 is 0 Å². The summed E-state index contributed by atoms with van der Waals surface area (Å²) in [7, 11) is 3.25. The maximum atomic E-state index is 8.61. The summed E-state index contributed by atoms with van der Waals surface area (Å²) < 4.78 is 4.25. The molecule has 0 saturated heterocycles. The first-order chi connectivity index (χ1) is 8.71. The number of nitrogens with zero attached hydrogens (tertiary/aromatic N) is 3. The minimum Gasteiger partial charge on any atom is -0.388 e. The minimum atomic E-state index is -0.332. The van der Waals surface area contributed by atoms with Crippen LogP contribution in [0, 0.1) is 0 Å². The predicted molar refractivity (Wildman–Crippen MR) is 64.9 cm³/mol. The molecule has 1 aromatic heterocycles. The van der Waals surface area contributed by atoms with Gasteiger partial charge in [-0.25, -0.2) is 0 Å². The molecular formula is C8H18N6O4. The van der Waals surface area contributed by atoms with Crippen LogP contribution in [-0.4, -0.2) is 64.7 Å². The number of hydrogen-bond donors (Lipinski definition) is 6. The van der Waals surface area contributed by atoms with Crippen molar-refractivity contribution in [3.63, 3.8) is 0 Å². The number of aliphatic hydroxyl groups is 3. The van der Waals surface area contributed by atoms with E-state index in [-0.39, 0.29) is 38.0 Å². The average Bonchev–Trinajstić information content (AvgIpc) is 2.31. The lowest BCUT2D eigenvalue weighted by Gasteiger charge is -2.07. The standard InChI is InChI=1S/C6H12N6O3.C2H6O/c13-1-7-4-10-5(8-2-14)12-6(11-4)9-3-15;1-3-2/h13-15H,1-3H2,(H3,7,8,9,10,11,12);1-2H3. The molecule has 6 N–H and O–H groups in total. The van der Waals surface area contributed by atoms with Gasteiger partial charge in [-0.2, -0.15) is 15.0 Å². The van der Waals surface area contributed by atoms with Crippen LogP contribution in [0.4, 0.5) is 17.8 Å². The Morgan fingerprint density at radius 3 is 1.17 bits per heavy atom. The zero-order valence-corrected chi connectivity index (χ0v) is 10.2. The molecule has 1 rings (SSSR count). The molecule has 0 aliphatic rings. The van der Waals surface area contributed by atoms with Crippen molar-refractivity contribution in [3.8, 4) is 0 Å². The van der Waals surface area contributed by atoms with Crippen LogP contribution < -0.4 is 16.0 Å². The van der Waals surface area contributed by atoms with E-state index in [9.17, 15) is 0 Å². The molecule has 10 nitrogen and oxygen atoms in total. The molecular weight excluding hydrogens is 244 g/mol. The summed E-state index contributed by atoms with van der Waals surface area (Å²) in [6, 6.07) is 0. The van der Waals surface area contributed by atoms with Crippen molar-refractivity contribution in [1.82, 2.24) is 15.0 Å². The Bertz CT molecular complexity index is 266. The van der Waals surface area contributed by atoms with E-state index in [1.807, 2.05) is 0 Å². The molecule has 0 spiro atoms. The Morgan fingerprint density at radius 2 is 1.00 bits per heavy atom. The van der Waals surface area contributed by atoms with Crippen molar-refractivity contribution in [2.45, 2.75) is 0 Å². The summed E-state index contributed by atoms with van der Waals surface area (Å²) in [5, 5.41) is 33.2. The van der Waals surface area contributed by atoms with Crippen LogP contribution in [-0.2, 0) is 4.74 Å². The summed E-state index contributed by atoms with van der Waals surface area (Å²) in [5.41, 5.74) is 0. The van der Waals surface area contributed by atoms with Gasteiger partial charge in [0.15, 0.2) is 0 Å². The van der Waals surface area contributed by atoms with Crippen LogP contribution >= 0.6 is 0 Å². The highest BCUT2D eigenvalue weighted by Gasteiger charge is 2.04. The summed E-state index contributed by atoms with van der Waals surface area (Å²) >= 11 is 0. The number of hydrogen-bond acceptors (Lipinski definition) is 10. The molecule has 104 valence electrons. The molecule has 0 atom stereocenters. The highest BCUT2D eigenvalue weighted by molar-refractivity contribution is 5.41. The van der Waals surface area contributed by atoms with Gasteiger partial charge in [0.1, 0.15) is 20.2 Å². The molecule has 0 fully saturated rings. The van der Waals surface area contributed by atoms with E-state index in [2.05, 4.69) is 35.6 Å². The number of aromatic nitrogens is 3. The molecule has 0 amide bonds. The van der Waals surface area contributed by atoms with Crippen molar-refractivity contribution < 1.29 is 20.1 Å². The van der Waals surface area contributed by atoms with Crippen LogP contribution in [0.1, 0.15) is 0 Å². The normalized spacial score (nSPS) is 9.17. The zero-order valence-electron chi connectivity index (χ0n) is 10.2. The molecule has 0 aliphatic carbocycles. The third-order valence-corrected chi connectivity index (χ3v) is 1.35. The first kappa shape index (κ1) is 16.2. The maximum Gasteiger partial charge on any atom is 0.231 e. The highest BCUT2D eigenvalue weighted by Crippen LogP contribution is 2.07. The number of methoxy groups -OCH3 is 1. The van der Waals surface area contributed by atoms with Gasteiger partial charge in [-0.1, -0.05) is 0 Å². The quantitative estimate of drug-likeness (QED) is 0.325. The largest absolute Gasteiger partial charge is 0.388 e. The molecule has 0 radical (unpaired) electrons. The summed E-state index contributed by atoms with van der Waals surface area (Å²) in [6.07, 6.45) is 0. The second-order valence-electron chi connectivity index (χ2n) is 2.72. The van der Waals surface area contributed by atoms with E-state index in [4.69, 9.17) is 15.3 Å². The average molecular weight is 262 g/mol. The van der Waals surface area contributed by atoms with E-state index in [1.54, 1.807) is 14.2 Å². The van der Waals surface area contributed by atoms with Crippen LogP contribution in [0.3, 0.4) is 0 Å². The number of rotatable bonds is 6. The second-order valence-corrected chi connectivity index (χ2v) is 2.72. The molecule has 10 heteroatoms. The summed E-state index contributed by atoms with van der Waals surface area (Å²) in [4.78, 5) is 11.4. The third kappa shape index (κ3) is 6.75. The van der Waals surface area contributed by atoms with Gasteiger partial charge in [0.05, 0.1) is 0 Å². The number of nitrogens with one attached hydrogen (secondary N) is 3. The number of aliphatic hydroxyl groups excluding tert-OH is 3. The van der Waals surface area contributed by atoms with Gasteiger partial charge in [-0.3, -0.25) is 0 Å². The zero-order chi connectivity index (χ0) is 13.8. The second kappa shape index (κ2) is 10.4. The van der Waals surface area contributed by atoms with Gasteiger partial charge < -0.3 is 36.0 Å². The lowest BCUT2D eigenvalue weighted by molar-refractivity contribution is 0.277. The van der Waals surface area contributed by atoms with Crippen molar-refractivity contribution in [2.75, 3.05) is 50.4 Å². The van der Waals surface area contributed by atoms with Crippen molar-refractivity contribution in [3.05, 3.63) is 0 Å². The van der Waals surface area contributed by atoms with Gasteiger partial charge >= 0.3 is 0 Å². The van der Waals surface area contributed by atoms with Gasteiger partial charge in [0, 0.05) is 14.2 Å². The Balaban J connectivity index is 0.000000873. The van der Waals surface area contributed by atoms with Crippen molar-refractivity contribution in [1.29, 1.82) is 0 Å². The fourth-order valence-corrected chi connectivity index (χ4v) is 0.825. The van der Waals surface area contributed by atoms with Gasteiger partial charge in [-0.15, -0.1) is 0 Å². The highest BCUT2D eigenvalue weighted by atomic mass is 16.4. The van der Waals surface area contributed by atoms with Crippen LogP contribution in [0.2, 0.25) is 0 Å². The minimum absolute atomic E-state index is 0.124. The smallest absolute Gasteiger partial charge is 0.231 e. The number of anilines is 3. The van der Waals surface area contributed by atoms with Crippen LogP contribution in [0.15, 0.2) is 0 Å². The predicted octanol–water partition coefficient (Wildman–Crippen LogP) is -1.78. The van der Waals surface area contributed by atoms with Gasteiger partial charge in [0.2, 0.25) is 17.8 Å². The van der Waals surface area contributed by atoms with E-state index < -0.39 is 0 Å². The Labute approximate surface area is 104 Å².